The number of aromatic amines is 1. The van der Waals surface area contributed by atoms with Gasteiger partial charge in [0.05, 0.1) is 13.3 Å². The number of hydrogen-bond donors (Lipinski definition) is 2. The van der Waals surface area contributed by atoms with Crippen LogP contribution < -0.4 is 10.1 Å². The van der Waals surface area contributed by atoms with Crippen LogP contribution >= 0.6 is 0 Å². The van der Waals surface area contributed by atoms with Gasteiger partial charge in [-0.25, -0.2) is 4.98 Å². The average molecular weight is 264 g/mol. The molecule has 0 aliphatic carbocycles. The molecule has 0 radical (unpaired) electrons. The second kappa shape index (κ2) is 5.83. The summed E-state index contributed by atoms with van der Waals surface area (Å²) in [5, 5.41) is 14.6. The number of methoxy groups -OCH3 is 1. The maximum atomic E-state index is 5.42. The Morgan fingerprint density at radius 3 is 2.79 bits per heavy atom. The van der Waals surface area contributed by atoms with Gasteiger partial charge in [0.1, 0.15) is 23.9 Å². The SMILES string of the molecule is CCNC(c1ncn[nH]1)c1c(OC)cnn1C(C)C. The first-order valence-corrected chi connectivity index (χ1v) is 6.39. The molecule has 7 heteroatoms. The highest BCUT2D eigenvalue weighted by Crippen LogP contribution is 2.30. The summed E-state index contributed by atoms with van der Waals surface area (Å²) >= 11 is 0. The molecule has 0 aliphatic heterocycles. The van der Waals surface area contributed by atoms with Crippen LogP contribution in [0.2, 0.25) is 0 Å². The summed E-state index contributed by atoms with van der Waals surface area (Å²) < 4.78 is 7.36. The van der Waals surface area contributed by atoms with Gasteiger partial charge in [0.15, 0.2) is 5.75 Å². The fraction of sp³-hybridized carbons (Fsp3) is 0.583. The molecule has 0 aliphatic rings. The van der Waals surface area contributed by atoms with Crippen molar-refractivity contribution in [3.8, 4) is 5.75 Å². The van der Waals surface area contributed by atoms with Crippen molar-refractivity contribution in [1.82, 2.24) is 30.3 Å². The zero-order valence-corrected chi connectivity index (χ0v) is 11.7. The highest BCUT2D eigenvalue weighted by atomic mass is 16.5. The Morgan fingerprint density at radius 2 is 2.26 bits per heavy atom. The minimum atomic E-state index is -0.118. The molecule has 2 aromatic heterocycles. The first-order valence-electron chi connectivity index (χ1n) is 6.39. The van der Waals surface area contributed by atoms with Crippen LogP contribution in [0.3, 0.4) is 0 Å². The van der Waals surface area contributed by atoms with Crippen LogP contribution in [-0.2, 0) is 0 Å². The number of rotatable bonds is 6. The van der Waals surface area contributed by atoms with E-state index in [1.165, 1.54) is 6.33 Å². The van der Waals surface area contributed by atoms with Gasteiger partial charge in [-0.05, 0) is 20.4 Å². The molecule has 2 heterocycles. The number of H-pyrrole nitrogens is 1. The van der Waals surface area contributed by atoms with E-state index in [1.54, 1.807) is 13.3 Å². The van der Waals surface area contributed by atoms with Crippen LogP contribution in [0, 0.1) is 0 Å². The zero-order chi connectivity index (χ0) is 13.8. The van der Waals surface area contributed by atoms with Gasteiger partial charge in [-0.15, -0.1) is 0 Å². The second-order valence-electron chi connectivity index (χ2n) is 4.50. The van der Waals surface area contributed by atoms with Gasteiger partial charge in [-0.3, -0.25) is 9.78 Å². The van der Waals surface area contributed by atoms with Gasteiger partial charge >= 0.3 is 0 Å². The Balaban J connectivity index is 2.49. The molecule has 0 saturated carbocycles. The van der Waals surface area contributed by atoms with Gasteiger partial charge < -0.3 is 10.1 Å². The molecular formula is C12H20N6O. The molecule has 2 N–H and O–H groups in total. The van der Waals surface area contributed by atoms with Crippen molar-refractivity contribution in [2.75, 3.05) is 13.7 Å². The van der Waals surface area contributed by atoms with E-state index in [1.807, 2.05) is 11.6 Å². The summed E-state index contributed by atoms with van der Waals surface area (Å²) in [6, 6.07) is 0.121. The van der Waals surface area contributed by atoms with E-state index in [0.717, 1.165) is 23.8 Å². The lowest BCUT2D eigenvalue weighted by molar-refractivity contribution is 0.392. The molecule has 0 aromatic carbocycles. The predicted octanol–water partition coefficient (Wildman–Crippen LogP) is 1.29. The number of nitrogens with zero attached hydrogens (tertiary/aromatic N) is 4. The lowest BCUT2D eigenvalue weighted by Crippen LogP contribution is -2.27. The van der Waals surface area contributed by atoms with E-state index in [9.17, 15) is 0 Å². The predicted molar refractivity (Wildman–Crippen MR) is 71.1 cm³/mol. The largest absolute Gasteiger partial charge is 0.493 e. The highest BCUT2D eigenvalue weighted by Gasteiger charge is 2.26. The summed E-state index contributed by atoms with van der Waals surface area (Å²) in [6.45, 7) is 7.02. The van der Waals surface area contributed by atoms with Crippen molar-refractivity contribution < 1.29 is 4.74 Å². The third-order valence-electron chi connectivity index (χ3n) is 2.90. The molecule has 1 atom stereocenters. The van der Waals surface area contributed by atoms with Crippen molar-refractivity contribution in [2.45, 2.75) is 32.9 Å². The van der Waals surface area contributed by atoms with E-state index in [4.69, 9.17) is 4.74 Å². The zero-order valence-electron chi connectivity index (χ0n) is 11.7. The summed E-state index contributed by atoms with van der Waals surface area (Å²) in [6.07, 6.45) is 3.23. The Morgan fingerprint density at radius 1 is 1.47 bits per heavy atom. The van der Waals surface area contributed by atoms with Gasteiger partial charge in [-0.1, -0.05) is 6.92 Å². The topological polar surface area (TPSA) is 80.7 Å². The molecule has 0 saturated heterocycles. The molecule has 0 fully saturated rings. The second-order valence-corrected chi connectivity index (χ2v) is 4.50. The van der Waals surface area contributed by atoms with Gasteiger partial charge in [0.2, 0.25) is 0 Å². The van der Waals surface area contributed by atoms with Gasteiger partial charge in [0, 0.05) is 6.04 Å². The molecular weight excluding hydrogens is 244 g/mol. The Hall–Kier alpha value is -1.89. The van der Waals surface area contributed by atoms with Crippen molar-refractivity contribution in [3.63, 3.8) is 0 Å². The number of aromatic nitrogens is 5. The highest BCUT2D eigenvalue weighted by molar-refractivity contribution is 5.32. The number of nitrogens with one attached hydrogen (secondary N) is 2. The summed E-state index contributed by atoms with van der Waals surface area (Å²) in [7, 11) is 1.65. The Kier molecular flexibility index (Phi) is 4.16. The molecule has 1 unspecified atom stereocenters. The fourth-order valence-electron chi connectivity index (χ4n) is 2.08. The van der Waals surface area contributed by atoms with Crippen LogP contribution in [0.1, 0.15) is 44.4 Å². The molecule has 2 rings (SSSR count). The Labute approximate surface area is 112 Å². The molecule has 104 valence electrons. The minimum absolute atomic E-state index is 0.118. The molecule has 7 nitrogen and oxygen atoms in total. The maximum Gasteiger partial charge on any atom is 0.162 e. The molecule has 19 heavy (non-hydrogen) atoms. The maximum absolute atomic E-state index is 5.42. The smallest absolute Gasteiger partial charge is 0.162 e. The number of ether oxygens (including phenoxy) is 1. The summed E-state index contributed by atoms with van der Waals surface area (Å²) in [4.78, 5) is 4.24. The minimum Gasteiger partial charge on any atom is -0.493 e. The van der Waals surface area contributed by atoms with Crippen LogP contribution in [0.4, 0.5) is 0 Å². The lowest BCUT2D eigenvalue weighted by atomic mass is 10.1. The van der Waals surface area contributed by atoms with Crippen LogP contribution in [0.15, 0.2) is 12.5 Å². The van der Waals surface area contributed by atoms with Crippen LogP contribution in [-0.4, -0.2) is 38.6 Å². The van der Waals surface area contributed by atoms with Crippen molar-refractivity contribution in [2.24, 2.45) is 0 Å². The third-order valence-corrected chi connectivity index (χ3v) is 2.90. The van der Waals surface area contributed by atoms with E-state index in [2.05, 4.69) is 39.4 Å². The van der Waals surface area contributed by atoms with Crippen LogP contribution in [0.25, 0.3) is 0 Å². The first-order chi connectivity index (χ1) is 9.19. The number of hydrogen-bond acceptors (Lipinski definition) is 5. The monoisotopic (exact) mass is 264 g/mol. The van der Waals surface area contributed by atoms with Crippen LogP contribution in [0.5, 0.6) is 5.75 Å². The summed E-state index contributed by atoms with van der Waals surface area (Å²) in [5.74, 6) is 1.50. The first kappa shape index (κ1) is 13.5. The molecule has 0 bridgehead atoms. The molecule has 2 aromatic rings. The molecule has 0 amide bonds. The van der Waals surface area contributed by atoms with Crippen molar-refractivity contribution in [3.05, 3.63) is 24.0 Å². The van der Waals surface area contributed by atoms with Gasteiger partial charge in [-0.2, -0.15) is 10.2 Å². The standard InChI is InChI=1S/C12H20N6O/c1-5-13-10(12-14-7-15-17-12)11-9(19-4)6-16-18(11)8(2)3/h6-8,10,13H,5H2,1-4H3,(H,14,15,17). The van der Waals surface area contributed by atoms with E-state index < -0.39 is 0 Å². The van der Waals surface area contributed by atoms with E-state index >= 15 is 0 Å². The van der Waals surface area contributed by atoms with E-state index in [-0.39, 0.29) is 12.1 Å². The Bertz CT molecular complexity index is 504. The van der Waals surface area contributed by atoms with Crippen molar-refractivity contribution in [1.29, 1.82) is 0 Å². The van der Waals surface area contributed by atoms with E-state index in [0.29, 0.717) is 0 Å². The molecule has 0 spiro atoms. The third kappa shape index (κ3) is 2.60. The lowest BCUT2D eigenvalue weighted by Gasteiger charge is -2.20. The van der Waals surface area contributed by atoms with Crippen molar-refractivity contribution >= 4 is 0 Å². The quantitative estimate of drug-likeness (QED) is 0.821. The average Bonchev–Trinajstić information content (AvgIpc) is 3.04. The summed E-state index contributed by atoms with van der Waals surface area (Å²) in [5.41, 5.74) is 0.955. The fourth-order valence-corrected chi connectivity index (χ4v) is 2.08. The normalized spacial score (nSPS) is 12.9. The van der Waals surface area contributed by atoms with Gasteiger partial charge in [0.25, 0.3) is 0 Å².